The maximum absolute atomic E-state index is 13.4. The molecule has 2 aliphatic rings. The first kappa shape index (κ1) is 29.5. The molecule has 8 nitrogen and oxygen atoms in total. The van der Waals surface area contributed by atoms with Crippen molar-refractivity contribution in [1.29, 1.82) is 0 Å². The fourth-order valence-corrected chi connectivity index (χ4v) is 6.29. The number of piperidine rings is 1. The van der Waals surface area contributed by atoms with Crippen molar-refractivity contribution in [3.63, 3.8) is 0 Å². The van der Waals surface area contributed by atoms with E-state index in [1.165, 1.54) is 11.1 Å². The first-order valence-corrected chi connectivity index (χ1v) is 14.8. The summed E-state index contributed by atoms with van der Waals surface area (Å²) in [7, 11) is 3.39. The van der Waals surface area contributed by atoms with Gasteiger partial charge < -0.3 is 24.0 Å². The number of rotatable bonds is 8. The molecule has 0 atom stereocenters. The highest BCUT2D eigenvalue weighted by atomic mass is 16.6. The van der Waals surface area contributed by atoms with Crippen LogP contribution in [0.5, 0.6) is 11.5 Å². The zero-order valence-corrected chi connectivity index (χ0v) is 24.9. The van der Waals surface area contributed by atoms with Crippen LogP contribution in [0.1, 0.15) is 46.8 Å². The van der Waals surface area contributed by atoms with Gasteiger partial charge in [0.25, 0.3) is 5.91 Å². The van der Waals surface area contributed by atoms with Crippen LogP contribution in [0.15, 0.2) is 72.8 Å². The van der Waals surface area contributed by atoms with Crippen LogP contribution in [-0.4, -0.2) is 86.8 Å². The van der Waals surface area contributed by atoms with E-state index in [0.717, 1.165) is 49.5 Å². The average Bonchev–Trinajstić information content (AvgIpc) is 3.05. The van der Waals surface area contributed by atoms with Crippen LogP contribution in [0.4, 0.5) is 4.79 Å². The van der Waals surface area contributed by atoms with E-state index in [4.69, 9.17) is 14.2 Å². The lowest BCUT2D eigenvalue weighted by atomic mass is 9.69. The molecule has 2 fully saturated rings. The molecular formula is C34H41N3O5. The molecular weight excluding hydrogens is 530 g/mol. The monoisotopic (exact) mass is 571 g/mol. The number of methoxy groups -OCH3 is 2. The summed E-state index contributed by atoms with van der Waals surface area (Å²) in [5.74, 6) is 1.70. The lowest BCUT2D eigenvalue weighted by molar-refractivity contribution is 0.0570. The number of likely N-dealkylation sites (tertiary alicyclic amines) is 1. The smallest absolute Gasteiger partial charge is 0.409 e. The van der Waals surface area contributed by atoms with Crippen LogP contribution in [-0.2, 0) is 16.7 Å². The van der Waals surface area contributed by atoms with E-state index in [2.05, 4.69) is 35.2 Å². The van der Waals surface area contributed by atoms with Gasteiger partial charge >= 0.3 is 6.09 Å². The number of hydrogen-bond acceptors (Lipinski definition) is 6. The van der Waals surface area contributed by atoms with Crippen molar-refractivity contribution in [2.45, 2.75) is 31.7 Å². The predicted molar refractivity (Wildman–Crippen MR) is 162 cm³/mol. The number of ether oxygens (including phenoxy) is 3. The quantitative estimate of drug-likeness (QED) is 0.370. The van der Waals surface area contributed by atoms with Gasteiger partial charge in [-0.15, -0.1) is 0 Å². The van der Waals surface area contributed by atoms with Crippen LogP contribution >= 0.6 is 0 Å². The third-order valence-electron chi connectivity index (χ3n) is 8.53. The van der Waals surface area contributed by atoms with Crippen molar-refractivity contribution in [3.05, 3.63) is 95.1 Å². The summed E-state index contributed by atoms with van der Waals surface area (Å²) >= 11 is 0. The lowest BCUT2D eigenvalue weighted by Gasteiger charge is -2.44. The van der Waals surface area contributed by atoms with Crippen molar-refractivity contribution < 1.29 is 23.8 Å². The number of piperazine rings is 1. The Balaban J connectivity index is 1.32. The third-order valence-corrected chi connectivity index (χ3v) is 8.53. The van der Waals surface area contributed by atoms with Gasteiger partial charge in [-0.25, -0.2) is 4.79 Å². The molecule has 0 saturated carbocycles. The Bertz CT molecular complexity index is 1300. The maximum atomic E-state index is 13.4. The van der Waals surface area contributed by atoms with E-state index in [1.54, 1.807) is 26.0 Å². The van der Waals surface area contributed by atoms with Crippen LogP contribution in [0.2, 0.25) is 0 Å². The van der Waals surface area contributed by atoms with Crippen LogP contribution < -0.4 is 9.47 Å². The number of nitrogens with zero attached hydrogens (tertiary/aromatic N) is 3. The summed E-state index contributed by atoms with van der Waals surface area (Å²) < 4.78 is 16.0. The van der Waals surface area contributed by atoms with Crippen molar-refractivity contribution in [3.8, 4) is 11.5 Å². The second-order valence-corrected chi connectivity index (χ2v) is 11.0. The van der Waals surface area contributed by atoms with Crippen molar-refractivity contribution in [1.82, 2.24) is 14.7 Å². The fourth-order valence-electron chi connectivity index (χ4n) is 6.29. The average molecular weight is 572 g/mol. The molecule has 0 aromatic heterocycles. The van der Waals surface area contributed by atoms with Gasteiger partial charge in [0.15, 0.2) is 0 Å². The van der Waals surface area contributed by atoms with Gasteiger partial charge in [0.05, 0.1) is 20.8 Å². The maximum Gasteiger partial charge on any atom is 0.409 e. The molecule has 2 heterocycles. The summed E-state index contributed by atoms with van der Waals surface area (Å²) in [5, 5.41) is 0. The summed E-state index contributed by atoms with van der Waals surface area (Å²) in [4.78, 5) is 31.4. The standard InChI is InChI=1S/C34H41N3O5/c1-4-42-33(39)37-21-19-36(20-22-37)32(38)27-8-5-7-26(23-27)24-35-18-6-17-34(25-35,28-9-13-30(40-2)14-10-28)29-11-15-31(41-3)16-12-29/h5,7-16,23H,4,6,17-22,24-25H2,1-3H3. The Hall–Kier alpha value is -4.04. The van der Waals surface area contributed by atoms with Crippen LogP contribution in [0.25, 0.3) is 0 Å². The summed E-state index contributed by atoms with van der Waals surface area (Å²) in [5.41, 5.74) is 4.16. The minimum atomic E-state index is -0.312. The van der Waals surface area contributed by atoms with Gasteiger partial charge in [-0.1, -0.05) is 36.4 Å². The first-order chi connectivity index (χ1) is 20.5. The highest BCUT2D eigenvalue weighted by molar-refractivity contribution is 5.94. The van der Waals surface area contributed by atoms with E-state index in [9.17, 15) is 9.59 Å². The summed E-state index contributed by atoms with van der Waals surface area (Å²) in [6, 6.07) is 24.9. The number of amides is 2. The Labute approximate surface area is 248 Å². The predicted octanol–water partition coefficient (Wildman–Crippen LogP) is 5.20. The number of hydrogen-bond donors (Lipinski definition) is 0. The minimum Gasteiger partial charge on any atom is -0.497 e. The molecule has 8 heteroatoms. The highest BCUT2D eigenvalue weighted by Crippen LogP contribution is 2.42. The Kier molecular flexibility index (Phi) is 9.32. The minimum absolute atomic E-state index is 0.00446. The van der Waals surface area contributed by atoms with E-state index in [0.29, 0.717) is 38.3 Å². The Morgan fingerprint density at radius 3 is 1.95 bits per heavy atom. The molecule has 0 unspecified atom stereocenters. The highest BCUT2D eigenvalue weighted by Gasteiger charge is 2.39. The molecule has 0 spiro atoms. The number of carbonyl (C=O) groups excluding carboxylic acids is 2. The number of benzene rings is 3. The molecule has 0 aliphatic carbocycles. The summed E-state index contributed by atoms with van der Waals surface area (Å²) in [6.07, 6.45) is 1.79. The third kappa shape index (κ3) is 6.39. The molecule has 2 saturated heterocycles. The normalized spacial score (nSPS) is 17.0. The van der Waals surface area contributed by atoms with Gasteiger partial charge in [-0.05, 0) is 79.4 Å². The summed E-state index contributed by atoms with van der Waals surface area (Å²) in [6.45, 7) is 6.72. The molecule has 3 aromatic rings. The van der Waals surface area contributed by atoms with E-state index in [1.807, 2.05) is 47.4 Å². The second kappa shape index (κ2) is 13.3. The van der Waals surface area contributed by atoms with Crippen LogP contribution in [0, 0.1) is 0 Å². The molecule has 0 radical (unpaired) electrons. The zero-order chi connectivity index (χ0) is 29.5. The molecule has 2 amide bonds. The SMILES string of the molecule is CCOC(=O)N1CCN(C(=O)c2cccc(CN3CCCC(c4ccc(OC)cc4)(c4ccc(OC)cc4)C3)c2)CC1. The molecule has 0 N–H and O–H groups in total. The first-order valence-electron chi connectivity index (χ1n) is 14.8. The van der Waals surface area contributed by atoms with Gasteiger partial charge in [0, 0.05) is 50.2 Å². The Morgan fingerprint density at radius 2 is 1.38 bits per heavy atom. The fraction of sp³-hybridized carbons (Fsp3) is 0.412. The topological polar surface area (TPSA) is 71.6 Å². The van der Waals surface area contributed by atoms with Gasteiger partial charge in [0.1, 0.15) is 11.5 Å². The van der Waals surface area contributed by atoms with Crippen LogP contribution in [0.3, 0.4) is 0 Å². The van der Waals surface area contributed by atoms with Gasteiger partial charge in [-0.3, -0.25) is 9.69 Å². The number of carbonyl (C=O) groups is 2. The van der Waals surface area contributed by atoms with Crippen molar-refractivity contribution >= 4 is 12.0 Å². The molecule has 0 bridgehead atoms. The molecule has 42 heavy (non-hydrogen) atoms. The largest absolute Gasteiger partial charge is 0.497 e. The van der Waals surface area contributed by atoms with E-state index in [-0.39, 0.29) is 17.4 Å². The van der Waals surface area contributed by atoms with Gasteiger partial charge in [0.2, 0.25) is 0 Å². The zero-order valence-electron chi connectivity index (χ0n) is 24.9. The molecule has 3 aromatic carbocycles. The van der Waals surface area contributed by atoms with Crippen molar-refractivity contribution in [2.24, 2.45) is 0 Å². The van der Waals surface area contributed by atoms with E-state index < -0.39 is 0 Å². The Morgan fingerprint density at radius 1 is 0.786 bits per heavy atom. The van der Waals surface area contributed by atoms with Crippen molar-refractivity contribution in [2.75, 3.05) is 60.1 Å². The van der Waals surface area contributed by atoms with Gasteiger partial charge in [-0.2, -0.15) is 0 Å². The molecule has 222 valence electrons. The molecule has 2 aliphatic heterocycles. The second-order valence-electron chi connectivity index (χ2n) is 11.0. The lowest BCUT2D eigenvalue weighted by Crippen LogP contribution is -2.50. The van der Waals surface area contributed by atoms with E-state index >= 15 is 0 Å². The molecule has 5 rings (SSSR count).